The van der Waals surface area contributed by atoms with Crippen molar-refractivity contribution >= 4 is 54.6 Å². The fraction of sp³-hybridized carbons (Fsp3) is 0.0244. The van der Waals surface area contributed by atoms with Crippen LogP contribution in [0.1, 0.15) is 11.1 Å². The standard InChI is InChI=1S/C41H27N4/c1-2-6-34-29(4-1)5-3-7-39(34)45-40-25-30(27-16-20-42-21-17-27)8-13-36(40)37-14-9-31-24-32(10-12-35(31)41(37)45)38-15-11-33(26-44-38)28-18-22-43-23-19-28/h1-25H,26H2/q-1. The first-order valence-electron chi connectivity index (χ1n) is 15.2. The average molecular weight is 576 g/mol. The molecule has 0 unspecified atom stereocenters. The number of fused-ring (bicyclic) bond motifs is 6. The molecule has 45 heavy (non-hydrogen) atoms. The molecule has 0 bridgehead atoms. The minimum absolute atomic E-state index is 0.655. The Morgan fingerprint density at radius 2 is 1.24 bits per heavy atom. The molecule has 0 amide bonds. The Balaban J connectivity index is 1.27. The summed E-state index contributed by atoms with van der Waals surface area (Å²) in [5.41, 5.74) is 10.4. The Labute approximate surface area is 260 Å². The van der Waals surface area contributed by atoms with Crippen molar-refractivity contribution in [2.75, 3.05) is 6.54 Å². The summed E-state index contributed by atoms with van der Waals surface area (Å²) in [7, 11) is 0. The van der Waals surface area contributed by atoms with Crippen molar-refractivity contribution in [3.63, 3.8) is 0 Å². The molecule has 5 aromatic carbocycles. The van der Waals surface area contributed by atoms with Crippen LogP contribution < -0.4 is 0 Å². The molecule has 8 aromatic rings. The van der Waals surface area contributed by atoms with Crippen LogP contribution in [0.25, 0.3) is 76.8 Å². The van der Waals surface area contributed by atoms with E-state index in [4.69, 9.17) is 5.32 Å². The fourth-order valence-electron chi connectivity index (χ4n) is 6.77. The van der Waals surface area contributed by atoms with E-state index in [1.807, 2.05) is 36.9 Å². The van der Waals surface area contributed by atoms with E-state index in [0.717, 1.165) is 16.8 Å². The van der Waals surface area contributed by atoms with Crippen LogP contribution in [0.4, 0.5) is 0 Å². The Bertz CT molecular complexity index is 2460. The van der Waals surface area contributed by atoms with Gasteiger partial charge in [0.15, 0.2) is 0 Å². The number of pyridine rings is 2. The zero-order valence-corrected chi connectivity index (χ0v) is 24.4. The molecule has 4 nitrogen and oxygen atoms in total. The molecule has 1 aliphatic heterocycles. The van der Waals surface area contributed by atoms with Crippen molar-refractivity contribution in [1.29, 1.82) is 0 Å². The Morgan fingerprint density at radius 3 is 2.07 bits per heavy atom. The number of allylic oxidation sites excluding steroid dienone is 2. The highest BCUT2D eigenvalue weighted by Gasteiger charge is 2.18. The van der Waals surface area contributed by atoms with Crippen molar-refractivity contribution in [1.82, 2.24) is 14.5 Å². The first kappa shape index (κ1) is 25.5. The maximum Gasteiger partial charge on any atom is 0.0619 e. The summed E-state index contributed by atoms with van der Waals surface area (Å²) in [5, 5.41) is 12.3. The second-order valence-electron chi connectivity index (χ2n) is 11.5. The number of hydrogen-bond acceptors (Lipinski definition) is 2. The second kappa shape index (κ2) is 10.3. The Hall–Kier alpha value is -6.00. The highest BCUT2D eigenvalue weighted by molar-refractivity contribution is 6.20. The predicted molar refractivity (Wildman–Crippen MR) is 187 cm³/mol. The van der Waals surface area contributed by atoms with Gasteiger partial charge in [0.1, 0.15) is 0 Å². The van der Waals surface area contributed by atoms with Gasteiger partial charge >= 0.3 is 0 Å². The molecule has 4 heteroatoms. The van der Waals surface area contributed by atoms with Crippen molar-refractivity contribution in [2.45, 2.75) is 0 Å². The number of benzene rings is 5. The van der Waals surface area contributed by atoms with Crippen LogP contribution in [0.3, 0.4) is 0 Å². The van der Waals surface area contributed by atoms with E-state index in [-0.39, 0.29) is 0 Å². The highest BCUT2D eigenvalue weighted by Crippen LogP contribution is 2.41. The lowest BCUT2D eigenvalue weighted by atomic mass is 9.99. The van der Waals surface area contributed by atoms with Gasteiger partial charge in [0, 0.05) is 46.3 Å². The zero-order valence-electron chi connectivity index (χ0n) is 24.4. The van der Waals surface area contributed by atoms with E-state index in [1.54, 1.807) is 0 Å². The van der Waals surface area contributed by atoms with Gasteiger partial charge in [-0.1, -0.05) is 90.5 Å². The van der Waals surface area contributed by atoms with Crippen molar-refractivity contribution in [2.24, 2.45) is 0 Å². The second-order valence-corrected chi connectivity index (χ2v) is 11.5. The summed E-state index contributed by atoms with van der Waals surface area (Å²) >= 11 is 0. The Morgan fingerprint density at radius 1 is 0.511 bits per heavy atom. The van der Waals surface area contributed by atoms with E-state index >= 15 is 0 Å². The smallest absolute Gasteiger partial charge is 0.0619 e. The maximum absolute atomic E-state index is 4.96. The number of nitrogens with zero attached hydrogens (tertiary/aromatic N) is 4. The number of aromatic nitrogens is 3. The van der Waals surface area contributed by atoms with Gasteiger partial charge in [-0.3, -0.25) is 9.97 Å². The molecule has 0 saturated heterocycles. The molecule has 0 N–H and O–H groups in total. The maximum atomic E-state index is 4.96. The van der Waals surface area contributed by atoms with Gasteiger partial charge in [0.05, 0.1) is 16.7 Å². The van der Waals surface area contributed by atoms with Crippen LogP contribution in [-0.4, -0.2) is 21.1 Å². The van der Waals surface area contributed by atoms with E-state index in [0.29, 0.717) is 6.54 Å². The molecule has 0 spiro atoms. The van der Waals surface area contributed by atoms with Gasteiger partial charge in [-0.05, 0) is 75.5 Å². The summed E-state index contributed by atoms with van der Waals surface area (Å²) < 4.78 is 2.47. The van der Waals surface area contributed by atoms with Gasteiger partial charge in [-0.2, -0.15) is 0 Å². The van der Waals surface area contributed by atoms with Gasteiger partial charge in [0.2, 0.25) is 0 Å². The van der Waals surface area contributed by atoms with Crippen LogP contribution in [0.5, 0.6) is 0 Å². The quantitative estimate of drug-likeness (QED) is 0.210. The summed E-state index contributed by atoms with van der Waals surface area (Å²) in [6.45, 7) is 0.655. The molecular formula is C41H27N4-. The molecule has 1 aliphatic rings. The molecule has 0 radical (unpaired) electrons. The lowest BCUT2D eigenvalue weighted by Crippen LogP contribution is -1.98. The average Bonchev–Trinajstić information content (AvgIpc) is 3.46. The zero-order chi connectivity index (χ0) is 29.7. The molecule has 0 fully saturated rings. The minimum atomic E-state index is 0.655. The largest absolute Gasteiger partial charge is 0.680 e. The Kier molecular flexibility index (Phi) is 5.85. The molecule has 0 atom stereocenters. The predicted octanol–water partition coefficient (Wildman–Crippen LogP) is 10.4. The minimum Gasteiger partial charge on any atom is -0.680 e. The van der Waals surface area contributed by atoms with Gasteiger partial charge in [-0.15, -0.1) is 12.2 Å². The lowest BCUT2D eigenvalue weighted by molar-refractivity contribution is 1.20. The molecular weight excluding hydrogens is 548 g/mol. The van der Waals surface area contributed by atoms with Crippen LogP contribution in [0.15, 0.2) is 152 Å². The molecule has 3 aromatic heterocycles. The van der Waals surface area contributed by atoms with Gasteiger partial charge in [-0.25, -0.2) is 0 Å². The van der Waals surface area contributed by atoms with E-state index in [9.17, 15) is 0 Å². The van der Waals surface area contributed by atoms with Crippen molar-refractivity contribution < 1.29 is 0 Å². The first-order valence-corrected chi connectivity index (χ1v) is 15.2. The van der Waals surface area contributed by atoms with E-state index in [1.165, 1.54) is 65.7 Å². The first-order chi connectivity index (χ1) is 22.3. The topological polar surface area (TPSA) is 44.8 Å². The van der Waals surface area contributed by atoms with E-state index in [2.05, 4.69) is 130 Å². The van der Waals surface area contributed by atoms with Crippen LogP contribution in [0.2, 0.25) is 0 Å². The fourth-order valence-corrected chi connectivity index (χ4v) is 6.77. The summed E-state index contributed by atoms with van der Waals surface area (Å²) in [4.78, 5) is 8.39. The third-order valence-electron chi connectivity index (χ3n) is 8.97. The highest BCUT2D eigenvalue weighted by atomic mass is 15.0. The van der Waals surface area contributed by atoms with Crippen LogP contribution >= 0.6 is 0 Å². The molecule has 9 rings (SSSR count). The van der Waals surface area contributed by atoms with Crippen LogP contribution in [0, 0.1) is 0 Å². The van der Waals surface area contributed by atoms with Crippen molar-refractivity contribution in [3.05, 3.63) is 169 Å². The molecule has 0 aliphatic carbocycles. The SMILES string of the molecule is C1=C(c2ccncc2)C[N-]C(c2ccc3c(ccc4c5ccc(-c6ccncc6)cc5n(-c5cccc6ccccc56)c34)c2)=C1. The summed E-state index contributed by atoms with van der Waals surface area (Å²) in [5.74, 6) is 0. The molecule has 4 heterocycles. The normalized spacial score (nSPS) is 13.2. The van der Waals surface area contributed by atoms with Crippen molar-refractivity contribution in [3.8, 4) is 16.8 Å². The molecule has 0 saturated carbocycles. The van der Waals surface area contributed by atoms with Crippen LogP contribution in [-0.2, 0) is 0 Å². The summed E-state index contributed by atoms with van der Waals surface area (Å²) in [6, 6.07) is 41.6. The monoisotopic (exact) mass is 575 g/mol. The molecule has 212 valence electrons. The van der Waals surface area contributed by atoms with E-state index < -0.39 is 0 Å². The lowest BCUT2D eigenvalue weighted by Gasteiger charge is -2.30. The van der Waals surface area contributed by atoms with Gasteiger partial charge < -0.3 is 9.88 Å². The number of rotatable bonds is 4. The number of hydrogen-bond donors (Lipinski definition) is 0. The van der Waals surface area contributed by atoms with Gasteiger partial charge in [0.25, 0.3) is 0 Å². The summed E-state index contributed by atoms with van der Waals surface area (Å²) in [6.07, 6.45) is 11.7. The third kappa shape index (κ3) is 4.22. The third-order valence-corrected chi connectivity index (χ3v) is 8.97.